The molecule has 0 saturated heterocycles. The Hall–Kier alpha value is -10.6. The molecule has 0 amide bonds. The third-order valence-electron chi connectivity index (χ3n) is 17.0. The Morgan fingerprint density at radius 3 is 1.52 bits per heavy atom. The van der Waals surface area contributed by atoms with E-state index in [1.807, 2.05) is 17.4 Å². The number of fused-ring (bicyclic) bond motifs is 11. The van der Waals surface area contributed by atoms with E-state index >= 15 is 0 Å². The van der Waals surface area contributed by atoms with Crippen LogP contribution in [-0.4, -0.2) is 21.2 Å². The second-order valence-corrected chi connectivity index (χ2v) is 22.7. The van der Waals surface area contributed by atoms with Gasteiger partial charge in [0.2, 0.25) is 0 Å². The molecule has 0 saturated carbocycles. The molecule has 7 heteroatoms. The van der Waals surface area contributed by atoms with Crippen LogP contribution in [0.2, 0.25) is 0 Å². The van der Waals surface area contributed by atoms with Crippen molar-refractivity contribution in [1.82, 2.24) is 14.5 Å². The first kappa shape index (κ1) is 47.2. The first-order valence-electron chi connectivity index (χ1n) is 28.3. The van der Waals surface area contributed by atoms with Gasteiger partial charge in [-0.1, -0.05) is 206 Å². The van der Waals surface area contributed by atoms with Gasteiger partial charge in [0.05, 0.1) is 28.1 Å². The molecule has 0 fully saturated rings. The summed E-state index contributed by atoms with van der Waals surface area (Å²) in [5.41, 5.74) is 23.5. The fourth-order valence-corrected chi connectivity index (χ4v) is 14.6. The highest BCUT2D eigenvalue weighted by molar-refractivity contribution is 7.26. The third kappa shape index (κ3) is 7.55. The molecule has 0 spiro atoms. The molecule has 386 valence electrons. The van der Waals surface area contributed by atoms with E-state index in [4.69, 9.17) is 9.97 Å². The highest BCUT2D eigenvalue weighted by atomic mass is 32.1. The summed E-state index contributed by atoms with van der Waals surface area (Å²) >= 11 is 1.89. The van der Waals surface area contributed by atoms with Gasteiger partial charge >= 0.3 is 0 Å². The Balaban J connectivity index is 0.888. The molecule has 5 nitrogen and oxygen atoms in total. The summed E-state index contributed by atoms with van der Waals surface area (Å²) < 4.78 is 5.09. The number of nitrogens with zero attached hydrogens (tertiary/aromatic N) is 5. The van der Waals surface area contributed by atoms with Crippen molar-refractivity contribution in [3.8, 4) is 61.8 Å². The van der Waals surface area contributed by atoms with E-state index < -0.39 is 0 Å². The fourth-order valence-electron chi connectivity index (χ4n) is 13.3. The second-order valence-electron chi connectivity index (χ2n) is 21.6. The van der Waals surface area contributed by atoms with Gasteiger partial charge in [0.1, 0.15) is 0 Å². The SMILES string of the molecule is c1ccc(-c2cc(-c3ccc(-n4c5ccccc5c5c6sc7ccccc7c6ccc54)c(-c4ccc(-c5cc6c7c(c5)N(c5ccccc5)c5ccccc5B7c5ccccc5N6c5ccccc5)cc4)c3)nc(-c3ccccc3)n2)cc1. The summed E-state index contributed by atoms with van der Waals surface area (Å²) in [5, 5.41) is 5.10. The molecule has 0 unspecified atom stereocenters. The lowest BCUT2D eigenvalue weighted by molar-refractivity contribution is 1.17. The van der Waals surface area contributed by atoms with Crippen molar-refractivity contribution in [2.45, 2.75) is 0 Å². The highest BCUT2D eigenvalue weighted by Gasteiger charge is 2.43. The number of aromatic nitrogens is 3. The molecule has 0 aliphatic carbocycles. The number of rotatable bonds is 8. The molecule has 0 bridgehead atoms. The minimum Gasteiger partial charge on any atom is -0.311 e. The molecular formula is C76H48BN5S. The van der Waals surface area contributed by atoms with E-state index in [9.17, 15) is 0 Å². The van der Waals surface area contributed by atoms with E-state index in [0.717, 1.165) is 72.9 Å². The molecule has 17 rings (SSSR count). The molecule has 0 atom stereocenters. The van der Waals surface area contributed by atoms with E-state index in [0.29, 0.717) is 5.82 Å². The van der Waals surface area contributed by atoms with Crippen molar-refractivity contribution < 1.29 is 0 Å². The summed E-state index contributed by atoms with van der Waals surface area (Å²) in [4.78, 5) is 15.5. The van der Waals surface area contributed by atoms with Gasteiger partial charge in [-0.2, -0.15) is 0 Å². The molecule has 0 radical (unpaired) electrons. The van der Waals surface area contributed by atoms with Crippen LogP contribution in [0.3, 0.4) is 0 Å². The first-order valence-corrected chi connectivity index (χ1v) is 29.2. The molecule has 0 N–H and O–H groups in total. The zero-order valence-corrected chi connectivity index (χ0v) is 45.8. The summed E-state index contributed by atoms with van der Waals surface area (Å²) in [6, 6.07) is 106. The average Bonchev–Trinajstić information content (AvgIpc) is 4.09. The fraction of sp³-hybridized carbons (Fsp3) is 0. The zero-order chi connectivity index (χ0) is 54.5. The number of anilines is 6. The lowest BCUT2D eigenvalue weighted by atomic mass is 9.33. The highest BCUT2D eigenvalue weighted by Crippen LogP contribution is 2.48. The minimum absolute atomic E-state index is 0.0349. The van der Waals surface area contributed by atoms with Crippen LogP contribution in [0.4, 0.5) is 34.1 Å². The van der Waals surface area contributed by atoms with Crippen molar-refractivity contribution in [3.05, 3.63) is 291 Å². The first-order chi connectivity index (χ1) is 41.2. The quantitative estimate of drug-likeness (QED) is 0.142. The van der Waals surface area contributed by atoms with Gasteiger partial charge in [-0.15, -0.1) is 11.3 Å². The summed E-state index contributed by atoms with van der Waals surface area (Å²) in [6.45, 7) is 0.0349. The molecule has 3 aromatic heterocycles. The third-order valence-corrected chi connectivity index (χ3v) is 18.2. The van der Waals surface area contributed by atoms with Crippen molar-refractivity contribution in [2.24, 2.45) is 0 Å². The maximum atomic E-state index is 5.36. The molecule has 5 heterocycles. The van der Waals surface area contributed by atoms with Crippen LogP contribution in [0.25, 0.3) is 104 Å². The number of benzene rings is 12. The minimum atomic E-state index is 0.0349. The van der Waals surface area contributed by atoms with Crippen molar-refractivity contribution in [3.63, 3.8) is 0 Å². The van der Waals surface area contributed by atoms with E-state index in [-0.39, 0.29) is 6.71 Å². The number of thiophene rings is 1. The maximum Gasteiger partial charge on any atom is 0.252 e. The van der Waals surface area contributed by atoms with Gasteiger partial charge in [-0.3, -0.25) is 0 Å². The lowest BCUT2D eigenvalue weighted by Crippen LogP contribution is -2.61. The number of hydrogen-bond acceptors (Lipinski definition) is 5. The number of hydrogen-bond donors (Lipinski definition) is 0. The molecule has 83 heavy (non-hydrogen) atoms. The van der Waals surface area contributed by atoms with E-state index in [1.54, 1.807) is 0 Å². The van der Waals surface area contributed by atoms with Crippen molar-refractivity contribution >= 4 is 111 Å². The Morgan fingerprint density at radius 1 is 0.325 bits per heavy atom. The van der Waals surface area contributed by atoms with Gasteiger partial charge in [0.25, 0.3) is 6.71 Å². The van der Waals surface area contributed by atoms with Crippen LogP contribution >= 0.6 is 11.3 Å². The van der Waals surface area contributed by atoms with Gasteiger partial charge in [-0.05, 0) is 118 Å². The Labute approximate surface area is 485 Å². The predicted molar refractivity (Wildman–Crippen MR) is 350 cm³/mol. The van der Waals surface area contributed by atoms with Gasteiger partial charge in [0, 0.05) is 87.3 Å². The Kier molecular flexibility index (Phi) is 10.8. The molecule has 2 aliphatic heterocycles. The van der Waals surface area contributed by atoms with Crippen LogP contribution < -0.4 is 26.2 Å². The van der Waals surface area contributed by atoms with Crippen LogP contribution in [0.1, 0.15) is 0 Å². The standard InChI is InChI=1S/C76H48BN5S/c1-5-21-51(22-6-1)63-48-64(79-76(78-63)52-23-7-2-8-24-52)53-41-43-66(82-65-33-17-13-30-59(65)73-69(82)44-42-58-57-29-14-20-36-72(57)83-75(58)73)60(45-53)50-39-37-49(38-40-50)54-46-70-74-71(47-54)81(56-27-11-4-12-28-56)68-35-19-16-32-62(68)77(74)61-31-15-18-34-67(61)80(70)55-25-9-3-10-26-55/h1-48H. The molecular weight excluding hydrogens is 1030 g/mol. The normalized spacial score (nSPS) is 12.5. The predicted octanol–water partition coefficient (Wildman–Crippen LogP) is 18.4. The van der Waals surface area contributed by atoms with Crippen LogP contribution in [-0.2, 0) is 0 Å². The summed E-state index contributed by atoms with van der Waals surface area (Å²) in [5.74, 6) is 0.686. The van der Waals surface area contributed by atoms with Crippen LogP contribution in [0, 0.1) is 0 Å². The smallest absolute Gasteiger partial charge is 0.252 e. The van der Waals surface area contributed by atoms with Gasteiger partial charge in [-0.25, -0.2) is 9.97 Å². The Bertz CT molecular complexity index is 4870. The largest absolute Gasteiger partial charge is 0.311 e. The molecule has 15 aromatic rings. The molecule has 2 aliphatic rings. The summed E-state index contributed by atoms with van der Waals surface area (Å²) in [7, 11) is 0. The summed E-state index contributed by atoms with van der Waals surface area (Å²) in [6.07, 6.45) is 0. The van der Waals surface area contributed by atoms with Gasteiger partial charge in [0.15, 0.2) is 5.82 Å². The lowest BCUT2D eigenvalue weighted by Gasteiger charge is -2.44. The van der Waals surface area contributed by atoms with Crippen LogP contribution in [0.15, 0.2) is 291 Å². The monoisotopic (exact) mass is 1070 g/mol. The number of para-hydroxylation sites is 5. The topological polar surface area (TPSA) is 37.2 Å². The maximum absolute atomic E-state index is 5.36. The van der Waals surface area contributed by atoms with E-state index in [1.165, 1.54) is 75.6 Å². The van der Waals surface area contributed by atoms with E-state index in [2.05, 4.69) is 299 Å². The van der Waals surface area contributed by atoms with Gasteiger partial charge < -0.3 is 14.4 Å². The zero-order valence-electron chi connectivity index (χ0n) is 44.9. The average molecular weight is 1070 g/mol. The van der Waals surface area contributed by atoms with Crippen LogP contribution in [0.5, 0.6) is 0 Å². The van der Waals surface area contributed by atoms with Crippen molar-refractivity contribution in [2.75, 3.05) is 9.80 Å². The molecule has 12 aromatic carbocycles. The van der Waals surface area contributed by atoms with Crippen molar-refractivity contribution in [1.29, 1.82) is 0 Å². The second kappa shape index (κ2) is 19.0. The Morgan fingerprint density at radius 2 is 0.855 bits per heavy atom.